The van der Waals surface area contributed by atoms with Crippen molar-refractivity contribution >= 4 is 8.41 Å². The zero-order chi connectivity index (χ0) is 0. The van der Waals surface area contributed by atoms with E-state index in [1.54, 1.807) is 0 Å². The summed E-state index contributed by atoms with van der Waals surface area (Å²) in [7, 11) is 0. The Hall–Kier alpha value is 2.39. The Morgan fingerprint density at radius 3 is 1.00 bits per heavy atom. The largest absolute Gasteiger partial charge is 0 e. The summed E-state index contributed by atoms with van der Waals surface area (Å²) in [6.07, 6.45) is 0. The first-order chi connectivity index (χ1) is 0. The number of hydrogen-bond acceptors (Lipinski definition) is 0. The van der Waals surface area contributed by atoms with Crippen LogP contribution in [-0.2, 0) is 36.3 Å². The fourth-order valence-corrected chi connectivity index (χ4v) is 0. The van der Waals surface area contributed by atoms with Crippen LogP contribution in [0.4, 0.5) is 0 Å². The standard InChI is InChI=1S/B.Co.La.Zn. The van der Waals surface area contributed by atoms with Gasteiger partial charge in [0.2, 0.25) is 0 Å². The summed E-state index contributed by atoms with van der Waals surface area (Å²) in [5.74, 6) is 0. The van der Waals surface area contributed by atoms with Gasteiger partial charge in [-0.2, -0.15) is 0 Å². The maximum Gasteiger partial charge on any atom is 0 e. The minimum absolute atomic E-state index is 0. The Balaban J connectivity index is 0. The molecule has 0 aromatic heterocycles. The third-order valence-corrected chi connectivity index (χ3v) is 0. The molecule has 0 saturated heterocycles. The summed E-state index contributed by atoms with van der Waals surface area (Å²) in [6.45, 7) is 0. The molecule has 0 bridgehead atoms. The maximum absolute atomic E-state index is 0. The van der Waals surface area contributed by atoms with Crippen LogP contribution in [0.25, 0.3) is 0 Å². The van der Waals surface area contributed by atoms with Crippen LogP contribution in [0.2, 0.25) is 0 Å². The van der Waals surface area contributed by atoms with Crippen molar-refractivity contribution in [3.8, 4) is 0 Å². The van der Waals surface area contributed by atoms with E-state index in [2.05, 4.69) is 0 Å². The average molecular weight is 274 g/mol. The van der Waals surface area contributed by atoms with Crippen molar-refractivity contribution in [2.24, 2.45) is 0 Å². The SMILES string of the molecule is [B].[Co].[La].[Zn]. The van der Waals surface area contributed by atoms with E-state index in [9.17, 15) is 0 Å². The molecule has 0 spiro atoms. The minimum Gasteiger partial charge on any atom is 0 e. The van der Waals surface area contributed by atoms with Crippen LogP contribution in [0.3, 0.4) is 0 Å². The van der Waals surface area contributed by atoms with E-state index in [1.807, 2.05) is 0 Å². The molecule has 0 aliphatic carbocycles. The molecule has 0 unspecified atom stereocenters. The Bertz CT molecular complexity index is 8.00. The molecule has 17 valence electrons. The zero-order valence-electron chi connectivity index (χ0n) is 2.20. The summed E-state index contributed by atoms with van der Waals surface area (Å²) < 4.78 is 0. The van der Waals surface area contributed by atoms with E-state index in [0.29, 0.717) is 0 Å². The van der Waals surface area contributed by atoms with Crippen LogP contribution in [0.5, 0.6) is 0 Å². The molecule has 0 heterocycles. The molecule has 0 atom stereocenters. The summed E-state index contributed by atoms with van der Waals surface area (Å²) in [6, 6.07) is 0. The first kappa shape index (κ1) is 32.5. The molecule has 0 rings (SSSR count). The molecule has 0 N–H and O–H groups in total. The predicted octanol–water partition coefficient (Wildman–Crippen LogP) is -0.386. The van der Waals surface area contributed by atoms with Gasteiger partial charge in [0.1, 0.15) is 0 Å². The van der Waals surface area contributed by atoms with Gasteiger partial charge in [0, 0.05) is 80.3 Å². The van der Waals surface area contributed by atoms with Crippen LogP contribution in [0.1, 0.15) is 0 Å². The van der Waals surface area contributed by atoms with Crippen LogP contribution in [-0.4, -0.2) is 8.41 Å². The molecule has 0 aliphatic heterocycles. The summed E-state index contributed by atoms with van der Waals surface area (Å²) >= 11 is 0. The maximum atomic E-state index is 0. The molecule has 5 radical (unpaired) electrons. The first-order valence-corrected chi connectivity index (χ1v) is 0. The topological polar surface area (TPSA) is 0 Å². The van der Waals surface area contributed by atoms with E-state index in [1.165, 1.54) is 0 Å². The minimum atomic E-state index is 0. The molecule has 0 fully saturated rings. The summed E-state index contributed by atoms with van der Waals surface area (Å²) in [5, 5.41) is 0. The Kier molecular flexibility index (Phi) is 148. The molecule has 0 aliphatic rings. The molecule has 0 nitrogen and oxygen atoms in total. The van der Waals surface area contributed by atoms with Crippen molar-refractivity contribution in [1.82, 2.24) is 0 Å². The monoisotopic (exact) mass is 273 g/mol. The Morgan fingerprint density at radius 2 is 1.00 bits per heavy atom. The second kappa shape index (κ2) is 18.2. The fourth-order valence-electron chi connectivity index (χ4n) is 0. The molecule has 0 saturated carbocycles. The van der Waals surface area contributed by atoms with E-state index in [0.717, 1.165) is 0 Å². The molecule has 4 heavy (non-hydrogen) atoms. The van der Waals surface area contributed by atoms with Crippen molar-refractivity contribution in [1.29, 1.82) is 0 Å². The average Bonchev–Trinajstić information content (AvgIpc) is 0. The quantitative estimate of drug-likeness (QED) is 0.528. The van der Waals surface area contributed by atoms with Gasteiger partial charge in [-0.3, -0.25) is 0 Å². The van der Waals surface area contributed by atoms with E-state index in [4.69, 9.17) is 0 Å². The van der Waals surface area contributed by atoms with Gasteiger partial charge in [0.15, 0.2) is 0 Å². The van der Waals surface area contributed by atoms with Crippen molar-refractivity contribution in [2.45, 2.75) is 0 Å². The van der Waals surface area contributed by atoms with Gasteiger partial charge >= 0.3 is 0 Å². The second-order valence-corrected chi connectivity index (χ2v) is 0. The molecule has 0 amide bonds. The van der Waals surface area contributed by atoms with Crippen molar-refractivity contribution in [2.75, 3.05) is 0 Å². The molecule has 0 aromatic carbocycles. The van der Waals surface area contributed by atoms with Gasteiger partial charge in [0.25, 0.3) is 0 Å². The molecular formula is BCoLaZn. The van der Waals surface area contributed by atoms with E-state index >= 15 is 0 Å². The van der Waals surface area contributed by atoms with Crippen LogP contribution in [0.15, 0.2) is 0 Å². The van der Waals surface area contributed by atoms with Crippen LogP contribution < -0.4 is 0 Å². The molecule has 4 heteroatoms. The number of rotatable bonds is 0. The molecular weight excluding hydrogens is 274 g/mol. The van der Waals surface area contributed by atoms with Crippen molar-refractivity contribution < 1.29 is 71.9 Å². The van der Waals surface area contributed by atoms with Gasteiger partial charge < -0.3 is 0 Å². The van der Waals surface area contributed by atoms with Gasteiger partial charge in [-0.15, -0.1) is 0 Å². The van der Waals surface area contributed by atoms with E-state index in [-0.39, 0.29) is 80.3 Å². The van der Waals surface area contributed by atoms with E-state index < -0.39 is 0 Å². The smallest absolute Gasteiger partial charge is 0 e. The van der Waals surface area contributed by atoms with Gasteiger partial charge in [0.05, 0.1) is 0 Å². The summed E-state index contributed by atoms with van der Waals surface area (Å²) in [5.41, 5.74) is 0. The molecule has 0 aromatic rings. The van der Waals surface area contributed by atoms with Gasteiger partial charge in [-0.1, -0.05) is 0 Å². The predicted molar refractivity (Wildman–Crippen MR) is 5.75 cm³/mol. The Labute approximate surface area is 79.0 Å². The fraction of sp³-hybridized carbons (Fsp3) is 0. The van der Waals surface area contributed by atoms with Crippen LogP contribution in [0, 0.1) is 35.6 Å². The third kappa shape index (κ3) is 8.83. The van der Waals surface area contributed by atoms with Gasteiger partial charge in [-0.05, 0) is 0 Å². The van der Waals surface area contributed by atoms with Crippen molar-refractivity contribution in [3.05, 3.63) is 0 Å². The second-order valence-electron chi connectivity index (χ2n) is 0. The first-order valence-electron chi connectivity index (χ1n) is 0. The normalized spacial score (nSPS) is 0. The van der Waals surface area contributed by atoms with Gasteiger partial charge in [-0.25, -0.2) is 0 Å². The zero-order valence-corrected chi connectivity index (χ0v) is 9.83. The van der Waals surface area contributed by atoms with Crippen molar-refractivity contribution in [3.63, 3.8) is 0 Å². The summed E-state index contributed by atoms with van der Waals surface area (Å²) in [4.78, 5) is 0. The Morgan fingerprint density at radius 1 is 1.00 bits per heavy atom. The third-order valence-electron chi connectivity index (χ3n) is 0. The van der Waals surface area contributed by atoms with Crippen LogP contribution >= 0.6 is 0 Å². The number of hydrogen-bond donors (Lipinski definition) is 0.